The van der Waals surface area contributed by atoms with Gasteiger partial charge < -0.3 is 5.32 Å². The number of hydrogen-bond acceptors (Lipinski definition) is 3. The third-order valence-corrected chi connectivity index (χ3v) is 4.29. The number of anilines is 1. The Morgan fingerprint density at radius 2 is 1.83 bits per heavy atom. The average Bonchev–Trinajstić information content (AvgIpc) is 2.55. The molecule has 1 amide bonds. The number of nitrogens with one attached hydrogen (secondary N) is 1. The van der Waals surface area contributed by atoms with E-state index >= 15 is 0 Å². The molecule has 24 heavy (non-hydrogen) atoms. The number of nitrogens with zero attached hydrogens (tertiary/aromatic N) is 2. The summed E-state index contributed by atoms with van der Waals surface area (Å²) in [7, 11) is 0. The van der Waals surface area contributed by atoms with Gasteiger partial charge in [0.05, 0.1) is 11.4 Å². The first-order valence-corrected chi connectivity index (χ1v) is 8.63. The van der Waals surface area contributed by atoms with E-state index in [1.165, 1.54) is 4.68 Å². The maximum atomic E-state index is 12.7. The molecule has 0 aliphatic carbocycles. The molecule has 0 bridgehead atoms. The van der Waals surface area contributed by atoms with Gasteiger partial charge in [-0.15, -0.1) is 0 Å². The van der Waals surface area contributed by atoms with Crippen molar-refractivity contribution >= 4 is 45.0 Å². The van der Waals surface area contributed by atoms with Crippen LogP contribution in [0.25, 0.3) is 10.8 Å². The van der Waals surface area contributed by atoms with E-state index in [1.807, 2.05) is 38.1 Å². The number of fused-ring (bicyclic) bond motifs is 1. The first-order valence-electron chi connectivity index (χ1n) is 7.56. The summed E-state index contributed by atoms with van der Waals surface area (Å²) in [5.74, 6) is -0.331. The molecular weight excluding hydrogens is 417 g/mol. The van der Waals surface area contributed by atoms with Crippen molar-refractivity contribution in [1.82, 2.24) is 9.78 Å². The van der Waals surface area contributed by atoms with Crippen molar-refractivity contribution < 1.29 is 4.79 Å². The molecule has 2 aromatic carbocycles. The normalized spacial score (nSPS) is 11.0. The first-order chi connectivity index (χ1) is 11.5. The summed E-state index contributed by atoms with van der Waals surface area (Å²) >= 11 is 2.19. The van der Waals surface area contributed by atoms with Gasteiger partial charge in [0.25, 0.3) is 11.5 Å². The van der Waals surface area contributed by atoms with Crippen LogP contribution in [0.3, 0.4) is 0 Å². The van der Waals surface area contributed by atoms with Gasteiger partial charge in [-0.2, -0.15) is 5.10 Å². The predicted molar refractivity (Wildman–Crippen MR) is 104 cm³/mol. The molecule has 0 radical (unpaired) electrons. The Morgan fingerprint density at radius 1 is 1.12 bits per heavy atom. The van der Waals surface area contributed by atoms with Gasteiger partial charge in [-0.3, -0.25) is 9.59 Å². The summed E-state index contributed by atoms with van der Waals surface area (Å²) in [4.78, 5) is 25.2. The summed E-state index contributed by atoms with van der Waals surface area (Å²) in [6, 6.07) is 14.4. The zero-order valence-electron chi connectivity index (χ0n) is 13.3. The third-order valence-electron chi connectivity index (χ3n) is 3.62. The van der Waals surface area contributed by atoms with Crippen molar-refractivity contribution in [1.29, 1.82) is 0 Å². The fraction of sp³-hybridized carbons (Fsp3) is 0.167. The van der Waals surface area contributed by atoms with Gasteiger partial charge in [0.1, 0.15) is 0 Å². The summed E-state index contributed by atoms with van der Waals surface area (Å²) in [5, 5.41) is 8.22. The number of aromatic nitrogens is 2. The standard InChI is InChI=1S/C18H16IN3O2/c1-11(2)22-18(24)15-9-4-3-8-14(15)16(21-22)17(23)20-13-7-5-6-12(19)10-13/h3-11H,1-2H3,(H,20,23). The summed E-state index contributed by atoms with van der Waals surface area (Å²) in [5.41, 5.74) is 0.754. The lowest BCUT2D eigenvalue weighted by Gasteiger charge is -2.13. The molecule has 0 aliphatic heterocycles. The lowest BCUT2D eigenvalue weighted by atomic mass is 10.1. The molecule has 122 valence electrons. The summed E-state index contributed by atoms with van der Waals surface area (Å²) in [6.07, 6.45) is 0. The van der Waals surface area contributed by atoms with Crippen LogP contribution in [0.2, 0.25) is 0 Å². The van der Waals surface area contributed by atoms with Crippen LogP contribution in [-0.2, 0) is 0 Å². The Labute approximate surface area is 152 Å². The molecule has 3 aromatic rings. The maximum absolute atomic E-state index is 12.7. The van der Waals surface area contributed by atoms with E-state index in [-0.39, 0.29) is 23.2 Å². The molecule has 1 heterocycles. The van der Waals surface area contributed by atoms with Crippen molar-refractivity contribution in [2.45, 2.75) is 19.9 Å². The van der Waals surface area contributed by atoms with Crippen LogP contribution >= 0.6 is 22.6 Å². The monoisotopic (exact) mass is 433 g/mol. The van der Waals surface area contributed by atoms with E-state index in [4.69, 9.17) is 0 Å². The fourth-order valence-electron chi connectivity index (χ4n) is 2.48. The second kappa shape index (κ2) is 6.72. The number of carbonyl (C=O) groups is 1. The van der Waals surface area contributed by atoms with Gasteiger partial charge in [0, 0.05) is 14.6 Å². The van der Waals surface area contributed by atoms with Crippen LogP contribution in [0.1, 0.15) is 30.4 Å². The highest BCUT2D eigenvalue weighted by Crippen LogP contribution is 2.18. The van der Waals surface area contributed by atoms with Gasteiger partial charge >= 0.3 is 0 Å². The molecule has 5 nitrogen and oxygen atoms in total. The minimum atomic E-state index is -0.331. The van der Waals surface area contributed by atoms with Gasteiger partial charge in [-0.05, 0) is 60.7 Å². The minimum absolute atomic E-state index is 0.133. The van der Waals surface area contributed by atoms with E-state index in [9.17, 15) is 9.59 Å². The lowest BCUT2D eigenvalue weighted by Crippen LogP contribution is -2.28. The number of rotatable bonds is 3. The molecule has 0 spiro atoms. The molecule has 0 saturated carbocycles. The minimum Gasteiger partial charge on any atom is -0.321 e. The predicted octanol–water partition coefficient (Wildman–Crippen LogP) is 3.83. The highest BCUT2D eigenvalue weighted by Gasteiger charge is 2.17. The van der Waals surface area contributed by atoms with Gasteiger partial charge in [-0.25, -0.2) is 4.68 Å². The number of halogens is 1. The van der Waals surface area contributed by atoms with Crippen LogP contribution in [0.4, 0.5) is 5.69 Å². The fourth-order valence-corrected chi connectivity index (χ4v) is 3.02. The average molecular weight is 433 g/mol. The Morgan fingerprint density at radius 3 is 2.50 bits per heavy atom. The van der Waals surface area contributed by atoms with E-state index in [0.717, 1.165) is 3.57 Å². The number of benzene rings is 2. The Balaban J connectivity index is 2.13. The molecule has 6 heteroatoms. The second-order valence-electron chi connectivity index (χ2n) is 5.70. The molecule has 0 unspecified atom stereocenters. The number of carbonyl (C=O) groups excluding carboxylic acids is 1. The van der Waals surface area contributed by atoms with Gasteiger partial charge in [0.2, 0.25) is 0 Å². The second-order valence-corrected chi connectivity index (χ2v) is 6.95. The molecule has 0 fully saturated rings. The molecule has 1 N–H and O–H groups in total. The molecule has 0 saturated heterocycles. The molecule has 3 rings (SSSR count). The first kappa shape index (κ1) is 16.6. The van der Waals surface area contributed by atoms with Crippen molar-refractivity contribution in [3.8, 4) is 0 Å². The molecule has 0 aliphatic rings. The van der Waals surface area contributed by atoms with Gasteiger partial charge in [-0.1, -0.05) is 24.3 Å². The van der Waals surface area contributed by atoms with Gasteiger partial charge in [0.15, 0.2) is 5.69 Å². The molecule has 1 aromatic heterocycles. The smallest absolute Gasteiger partial charge is 0.276 e. The van der Waals surface area contributed by atoms with Crippen molar-refractivity contribution in [2.24, 2.45) is 0 Å². The van der Waals surface area contributed by atoms with E-state index in [2.05, 4.69) is 33.0 Å². The van der Waals surface area contributed by atoms with Crippen LogP contribution in [0.5, 0.6) is 0 Å². The quantitative estimate of drug-likeness (QED) is 0.639. The largest absolute Gasteiger partial charge is 0.321 e. The SMILES string of the molecule is CC(C)n1nc(C(=O)Nc2cccc(I)c2)c2ccccc2c1=O. The van der Waals surface area contributed by atoms with Crippen LogP contribution in [0, 0.1) is 3.57 Å². The zero-order chi connectivity index (χ0) is 17.3. The maximum Gasteiger partial charge on any atom is 0.276 e. The lowest BCUT2D eigenvalue weighted by molar-refractivity contribution is 0.102. The van der Waals surface area contributed by atoms with Crippen molar-refractivity contribution in [3.63, 3.8) is 0 Å². The van der Waals surface area contributed by atoms with E-state index < -0.39 is 0 Å². The third kappa shape index (κ3) is 3.19. The highest BCUT2D eigenvalue weighted by atomic mass is 127. The van der Waals surface area contributed by atoms with Crippen molar-refractivity contribution in [3.05, 3.63) is 68.1 Å². The number of amides is 1. The van der Waals surface area contributed by atoms with E-state index in [0.29, 0.717) is 16.5 Å². The Kier molecular flexibility index (Phi) is 4.66. The topological polar surface area (TPSA) is 64.0 Å². The van der Waals surface area contributed by atoms with Crippen molar-refractivity contribution in [2.75, 3.05) is 5.32 Å². The van der Waals surface area contributed by atoms with Crippen LogP contribution in [-0.4, -0.2) is 15.7 Å². The van der Waals surface area contributed by atoms with E-state index in [1.54, 1.807) is 24.3 Å². The van der Waals surface area contributed by atoms with Crippen LogP contribution in [0.15, 0.2) is 53.3 Å². The Bertz CT molecular complexity index is 979. The molecular formula is C18H16IN3O2. The summed E-state index contributed by atoms with van der Waals surface area (Å²) in [6.45, 7) is 3.73. The Hall–Kier alpha value is -2.22. The molecule has 0 atom stereocenters. The zero-order valence-corrected chi connectivity index (χ0v) is 15.4. The summed E-state index contributed by atoms with van der Waals surface area (Å²) < 4.78 is 2.38. The highest BCUT2D eigenvalue weighted by molar-refractivity contribution is 14.1. The number of hydrogen-bond donors (Lipinski definition) is 1. The van der Waals surface area contributed by atoms with Crippen LogP contribution < -0.4 is 10.9 Å².